The average Bonchev–Trinajstić information content (AvgIpc) is 2.29. The number of hydrogen-bond donors (Lipinski definition) is 2. The number of rotatable bonds is 4. The summed E-state index contributed by atoms with van der Waals surface area (Å²) in [5, 5.41) is 12.7. The number of methoxy groups -OCH3 is 1. The Balaban J connectivity index is 2.77. The highest BCUT2D eigenvalue weighted by Gasteiger charge is 2.06. The van der Waals surface area contributed by atoms with Crippen molar-refractivity contribution in [2.45, 2.75) is 13.0 Å². The van der Waals surface area contributed by atoms with Crippen molar-refractivity contribution in [2.24, 2.45) is 5.10 Å². The number of nitrogens with one attached hydrogen (secondary N) is 1. The van der Waals surface area contributed by atoms with Crippen molar-refractivity contribution < 1.29 is 14.6 Å². The van der Waals surface area contributed by atoms with Crippen LogP contribution in [0, 0.1) is 0 Å². The first kappa shape index (κ1) is 13.7. The fourth-order valence-corrected chi connectivity index (χ4v) is 1.44. The van der Waals surface area contributed by atoms with E-state index in [1.165, 1.54) is 13.1 Å². The number of halogens is 1. The highest BCUT2D eigenvalue weighted by Crippen LogP contribution is 2.21. The van der Waals surface area contributed by atoms with Gasteiger partial charge in [0.25, 0.3) is 5.91 Å². The van der Waals surface area contributed by atoms with E-state index in [2.05, 4.69) is 26.5 Å². The Bertz CT molecular complexity index is 433. The molecule has 0 aliphatic heterocycles. The fourth-order valence-electron chi connectivity index (χ4n) is 1.06. The molecule has 2 N–H and O–H groups in total. The summed E-state index contributed by atoms with van der Waals surface area (Å²) in [6, 6.07) is 5.42. The molecule has 0 heterocycles. The Labute approximate surface area is 108 Å². The number of aliphatic hydroxyl groups is 1. The van der Waals surface area contributed by atoms with Crippen LogP contribution in [0.25, 0.3) is 0 Å². The summed E-state index contributed by atoms with van der Waals surface area (Å²) in [6.07, 6.45) is 0.362. The van der Waals surface area contributed by atoms with Crippen LogP contribution >= 0.6 is 15.9 Å². The van der Waals surface area contributed by atoms with Gasteiger partial charge in [0.15, 0.2) is 0 Å². The third kappa shape index (κ3) is 4.16. The maximum Gasteiger partial charge on any atom is 0.268 e. The lowest BCUT2D eigenvalue weighted by Gasteiger charge is -2.05. The van der Waals surface area contributed by atoms with E-state index in [0.717, 1.165) is 4.47 Å². The molecule has 1 aromatic rings. The van der Waals surface area contributed by atoms with Crippen LogP contribution in [0.4, 0.5) is 0 Å². The minimum atomic E-state index is -1.09. The Morgan fingerprint density at radius 1 is 1.65 bits per heavy atom. The Hall–Kier alpha value is -1.40. The van der Waals surface area contributed by atoms with Crippen molar-refractivity contribution in [3.63, 3.8) is 0 Å². The van der Waals surface area contributed by atoms with Crippen LogP contribution in [0.2, 0.25) is 0 Å². The second-order valence-corrected chi connectivity index (χ2v) is 4.21. The molecule has 0 aromatic heterocycles. The number of hydrazone groups is 1. The standard InChI is InChI=1S/C11H13BrN2O3/c1-7(15)11(16)14-13-6-8-5-9(12)3-4-10(8)17-2/h3-7,15H,1-2H3,(H,14,16)/b13-6-/t7-/m0/s1. The number of carbonyl (C=O) groups is 1. The molecule has 17 heavy (non-hydrogen) atoms. The Kier molecular flexibility index (Phi) is 5.11. The molecular weight excluding hydrogens is 288 g/mol. The molecule has 0 saturated heterocycles. The lowest BCUT2D eigenvalue weighted by atomic mass is 10.2. The van der Waals surface area contributed by atoms with E-state index in [1.807, 2.05) is 6.07 Å². The SMILES string of the molecule is COc1ccc(Br)cc1/C=N\NC(=O)[C@H](C)O. The zero-order valence-electron chi connectivity index (χ0n) is 9.48. The Morgan fingerprint density at radius 3 is 2.94 bits per heavy atom. The molecule has 1 rings (SSSR count). The quantitative estimate of drug-likeness (QED) is 0.650. The molecule has 0 saturated carbocycles. The topological polar surface area (TPSA) is 70.9 Å². The Morgan fingerprint density at radius 2 is 2.35 bits per heavy atom. The van der Waals surface area contributed by atoms with Gasteiger partial charge in [0.2, 0.25) is 0 Å². The van der Waals surface area contributed by atoms with Gasteiger partial charge in [-0.25, -0.2) is 5.43 Å². The number of carbonyl (C=O) groups excluding carboxylic acids is 1. The predicted molar refractivity (Wildman–Crippen MR) is 68.1 cm³/mol. The maximum absolute atomic E-state index is 11.0. The van der Waals surface area contributed by atoms with Gasteiger partial charge >= 0.3 is 0 Å². The molecule has 1 aromatic carbocycles. The zero-order valence-corrected chi connectivity index (χ0v) is 11.1. The molecule has 0 bridgehead atoms. The molecule has 0 unspecified atom stereocenters. The summed E-state index contributed by atoms with van der Waals surface area (Å²) in [4.78, 5) is 11.0. The van der Waals surface area contributed by atoms with E-state index in [-0.39, 0.29) is 0 Å². The first-order valence-corrected chi connectivity index (χ1v) is 5.68. The molecule has 0 aliphatic carbocycles. The molecule has 0 spiro atoms. The van der Waals surface area contributed by atoms with Gasteiger partial charge in [-0.05, 0) is 25.1 Å². The van der Waals surface area contributed by atoms with Crippen LogP contribution in [0.5, 0.6) is 5.75 Å². The smallest absolute Gasteiger partial charge is 0.268 e. The summed E-state index contributed by atoms with van der Waals surface area (Å²) in [5.41, 5.74) is 2.93. The van der Waals surface area contributed by atoms with Crippen molar-refractivity contribution in [3.05, 3.63) is 28.2 Å². The molecule has 5 nitrogen and oxygen atoms in total. The number of benzene rings is 1. The van der Waals surface area contributed by atoms with Crippen molar-refractivity contribution in [1.82, 2.24) is 5.43 Å². The van der Waals surface area contributed by atoms with E-state index in [0.29, 0.717) is 11.3 Å². The second-order valence-electron chi connectivity index (χ2n) is 3.30. The van der Waals surface area contributed by atoms with E-state index in [4.69, 9.17) is 9.84 Å². The predicted octanol–water partition coefficient (Wildman–Crippen LogP) is 1.29. The summed E-state index contributed by atoms with van der Waals surface area (Å²) in [5.74, 6) is 0.0819. The van der Waals surface area contributed by atoms with Gasteiger partial charge in [-0.2, -0.15) is 5.10 Å². The number of nitrogens with zero attached hydrogens (tertiary/aromatic N) is 1. The van der Waals surface area contributed by atoms with E-state index in [1.54, 1.807) is 19.2 Å². The van der Waals surface area contributed by atoms with E-state index in [9.17, 15) is 4.79 Å². The monoisotopic (exact) mass is 300 g/mol. The van der Waals surface area contributed by atoms with Gasteiger partial charge < -0.3 is 9.84 Å². The molecular formula is C11H13BrN2O3. The minimum absolute atomic E-state index is 0.560. The van der Waals surface area contributed by atoms with Crippen LogP contribution in [0.1, 0.15) is 12.5 Å². The van der Waals surface area contributed by atoms with Crippen molar-refractivity contribution in [1.29, 1.82) is 0 Å². The highest BCUT2D eigenvalue weighted by molar-refractivity contribution is 9.10. The van der Waals surface area contributed by atoms with Gasteiger partial charge in [0, 0.05) is 10.0 Å². The molecule has 0 fully saturated rings. The summed E-state index contributed by atoms with van der Waals surface area (Å²) >= 11 is 3.32. The van der Waals surface area contributed by atoms with Crippen LogP contribution < -0.4 is 10.2 Å². The normalized spacial score (nSPS) is 12.5. The van der Waals surface area contributed by atoms with Crippen LogP contribution in [0.15, 0.2) is 27.8 Å². The number of hydrogen-bond acceptors (Lipinski definition) is 4. The van der Waals surface area contributed by atoms with Gasteiger partial charge in [0.05, 0.1) is 13.3 Å². The second kappa shape index (κ2) is 6.36. The first-order chi connectivity index (χ1) is 8.04. The minimum Gasteiger partial charge on any atom is -0.496 e. The first-order valence-electron chi connectivity index (χ1n) is 4.89. The maximum atomic E-state index is 11.0. The fraction of sp³-hybridized carbons (Fsp3) is 0.273. The molecule has 6 heteroatoms. The number of amides is 1. The number of aliphatic hydroxyl groups excluding tert-OH is 1. The third-order valence-electron chi connectivity index (χ3n) is 1.95. The van der Waals surface area contributed by atoms with E-state index >= 15 is 0 Å². The van der Waals surface area contributed by atoms with Gasteiger partial charge in [-0.15, -0.1) is 0 Å². The molecule has 0 radical (unpaired) electrons. The third-order valence-corrected chi connectivity index (χ3v) is 2.44. The number of ether oxygens (including phenoxy) is 1. The average molecular weight is 301 g/mol. The molecule has 92 valence electrons. The summed E-state index contributed by atoms with van der Waals surface area (Å²) in [7, 11) is 1.55. The summed E-state index contributed by atoms with van der Waals surface area (Å²) < 4.78 is 6.01. The molecule has 1 atom stereocenters. The van der Waals surface area contributed by atoms with Gasteiger partial charge in [0.1, 0.15) is 11.9 Å². The lowest BCUT2D eigenvalue weighted by Crippen LogP contribution is -2.28. The van der Waals surface area contributed by atoms with Crippen LogP contribution in [-0.4, -0.2) is 30.4 Å². The molecule has 0 aliphatic rings. The zero-order chi connectivity index (χ0) is 12.8. The van der Waals surface area contributed by atoms with Crippen molar-refractivity contribution in [2.75, 3.05) is 7.11 Å². The van der Waals surface area contributed by atoms with Crippen LogP contribution in [-0.2, 0) is 4.79 Å². The van der Waals surface area contributed by atoms with Gasteiger partial charge in [-0.1, -0.05) is 15.9 Å². The van der Waals surface area contributed by atoms with Crippen molar-refractivity contribution >= 4 is 28.1 Å². The lowest BCUT2D eigenvalue weighted by molar-refractivity contribution is -0.128. The van der Waals surface area contributed by atoms with Gasteiger partial charge in [-0.3, -0.25) is 4.79 Å². The van der Waals surface area contributed by atoms with Crippen LogP contribution in [0.3, 0.4) is 0 Å². The molecule has 1 amide bonds. The largest absolute Gasteiger partial charge is 0.496 e. The van der Waals surface area contributed by atoms with E-state index < -0.39 is 12.0 Å². The highest BCUT2D eigenvalue weighted by atomic mass is 79.9. The van der Waals surface area contributed by atoms with Crippen molar-refractivity contribution in [3.8, 4) is 5.75 Å². The summed E-state index contributed by atoms with van der Waals surface area (Å²) in [6.45, 7) is 1.37.